The van der Waals surface area contributed by atoms with E-state index in [0.717, 1.165) is 86.2 Å². The van der Waals surface area contributed by atoms with E-state index in [9.17, 15) is 62.3 Å². The molecule has 2 saturated heterocycles. The summed E-state index contributed by atoms with van der Waals surface area (Å²) in [6.07, 6.45) is -4.49. The van der Waals surface area contributed by atoms with E-state index in [1.54, 1.807) is 5.01 Å². The summed E-state index contributed by atoms with van der Waals surface area (Å²) in [5.74, 6) is 3.07. The van der Waals surface area contributed by atoms with Crippen molar-refractivity contribution >= 4 is 24.3 Å². The summed E-state index contributed by atoms with van der Waals surface area (Å²) in [6.45, 7) is 3.65. The Morgan fingerprint density at radius 1 is 0.556 bits per heavy atom. The molecule has 0 aliphatic carbocycles. The topological polar surface area (TPSA) is 160 Å². The number of hydrogen-bond donors (Lipinski definition) is 3. The zero-order chi connectivity index (χ0) is 46.6. The molecule has 0 atom stereocenters. The lowest BCUT2D eigenvalue weighted by molar-refractivity contribution is -0.144. The van der Waals surface area contributed by atoms with Gasteiger partial charge in [0.2, 0.25) is 0 Å². The van der Waals surface area contributed by atoms with Crippen LogP contribution in [0.2, 0.25) is 0 Å². The van der Waals surface area contributed by atoms with Crippen LogP contribution in [0.15, 0.2) is 61.2 Å². The number of carbonyl (C=O) groups excluding carboxylic acids is 1. The summed E-state index contributed by atoms with van der Waals surface area (Å²) in [5.41, 5.74) is -4.14. The third kappa shape index (κ3) is 16.4. The van der Waals surface area contributed by atoms with Crippen molar-refractivity contribution in [1.29, 1.82) is 0 Å². The average molecular weight is 913 g/mol. The van der Waals surface area contributed by atoms with E-state index < -0.39 is 75.8 Å². The van der Waals surface area contributed by atoms with Crippen LogP contribution in [0.25, 0.3) is 35.2 Å². The number of aliphatic carboxylic acids is 1. The number of carbonyl (C=O) groups is 2. The van der Waals surface area contributed by atoms with Crippen molar-refractivity contribution in [3.63, 3.8) is 0 Å². The van der Waals surface area contributed by atoms with E-state index in [0.29, 0.717) is 30.3 Å². The molecule has 0 radical (unpaired) electrons. The van der Waals surface area contributed by atoms with Crippen LogP contribution in [0.4, 0.5) is 52.7 Å². The molecule has 2 aliphatic heterocycles. The van der Waals surface area contributed by atoms with E-state index >= 15 is 0 Å². The number of carboxylic acid groups (broad SMARTS) is 1. The van der Waals surface area contributed by atoms with Crippen molar-refractivity contribution in [2.24, 2.45) is 5.84 Å². The number of carboxylic acids is 1. The number of amides is 1. The Hall–Kier alpha value is -5.82. The van der Waals surface area contributed by atoms with Crippen LogP contribution >= 0.6 is 0 Å². The van der Waals surface area contributed by atoms with Gasteiger partial charge in [-0.3, -0.25) is 16.1 Å². The van der Waals surface area contributed by atoms with Gasteiger partial charge >= 0.3 is 30.7 Å². The number of alkyl halides is 12. The van der Waals surface area contributed by atoms with Crippen molar-refractivity contribution in [3.05, 3.63) is 83.5 Å². The summed E-state index contributed by atoms with van der Waals surface area (Å²) < 4.78 is 157. The van der Waals surface area contributed by atoms with E-state index in [1.807, 2.05) is 5.01 Å². The number of nitrogens with zero attached hydrogens (tertiary/aromatic N) is 8. The van der Waals surface area contributed by atoms with Gasteiger partial charge in [-0.05, 0) is 62.1 Å². The van der Waals surface area contributed by atoms with Crippen LogP contribution in [-0.2, 0) is 34.3 Å². The minimum atomic E-state index is -4.98. The fourth-order valence-corrected chi connectivity index (χ4v) is 5.88. The maximum absolute atomic E-state index is 13.0. The molecule has 0 spiro atoms. The van der Waals surface area contributed by atoms with E-state index in [2.05, 4.69) is 25.6 Å². The largest absolute Gasteiger partial charge is 0.478 e. The van der Waals surface area contributed by atoms with Gasteiger partial charge in [0.25, 0.3) is 5.91 Å². The SMILES string of the molecule is NN1CCCCCC1.O=C(/C=C\n1cnc(-c2cc(C(F)(F)F)cc(C(F)(F)F)c2)n1)NN1CCCCCC1.O=C(O)/C=C\n1cnc(-c2cc(C(F)(F)F)cc(C(F)(F)F)c2)n1. The molecule has 344 valence electrons. The van der Waals surface area contributed by atoms with Gasteiger partial charge in [0, 0.05) is 61.9 Å². The molecular formula is C38H40F12N10O3. The zero-order valence-corrected chi connectivity index (χ0v) is 32.9. The smallest absolute Gasteiger partial charge is 0.416 e. The van der Waals surface area contributed by atoms with Crippen LogP contribution in [0, 0.1) is 0 Å². The molecule has 2 aromatic heterocycles. The van der Waals surface area contributed by atoms with Crippen LogP contribution in [0.3, 0.4) is 0 Å². The molecule has 4 aromatic rings. The van der Waals surface area contributed by atoms with Gasteiger partial charge < -0.3 is 5.11 Å². The first-order valence-corrected chi connectivity index (χ1v) is 18.9. The van der Waals surface area contributed by atoms with Crippen molar-refractivity contribution in [2.75, 3.05) is 26.2 Å². The third-order valence-corrected chi connectivity index (χ3v) is 8.97. The standard InChI is InChI=1S/C19H19F6N5O.C13H7F6N3O2.C6H14N2/c20-18(21,22)14-9-13(10-15(11-14)19(23,24)25)17-26-12-30(28-17)8-5-16(31)27-29-6-3-1-2-4-7-29;14-12(15,16)8-3-7(4-9(5-8)13(17,18)19)11-20-6-22(21-11)2-1-10(23)24;7-8-5-3-1-2-4-6-8/h5,8-12H,1-4,6-7H2,(H,27,31);1-6H,(H,23,24);1-7H2/b8-5-;2-1-;. The van der Waals surface area contributed by atoms with E-state index in [-0.39, 0.29) is 18.0 Å². The Morgan fingerprint density at radius 3 is 1.25 bits per heavy atom. The molecule has 6 rings (SSSR count). The maximum atomic E-state index is 13.0. The molecule has 0 bridgehead atoms. The normalized spacial score (nSPS) is 16.1. The molecule has 13 nitrogen and oxygen atoms in total. The van der Waals surface area contributed by atoms with E-state index in [4.69, 9.17) is 10.9 Å². The third-order valence-electron chi connectivity index (χ3n) is 8.97. The van der Waals surface area contributed by atoms with Crippen molar-refractivity contribution in [2.45, 2.75) is 76.1 Å². The molecule has 2 aliphatic rings. The number of benzene rings is 2. The van der Waals surface area contributed by atoms with E-state index in [1.165, 1.54) is 31.9 Å². The quantitative estimate of drug-likeness (QED) is 0.0931. The molecule has 0 unspecified atom stereocenters. The number of hydrogen-bond acceptors (Lipinski definition) is 9. The second-order valence-electron chi connectivity index (χ2n) is 14.0. The Balaban J connectivity index is 0.000000240. The second kappa shape index (κ2) is 21.5. The number of rotatable bonds is 7. The summed E-state index contributed by atoms with van der Waals surface area (Å²) in [7, 11) is 0. The Bertz CT molecular complexity index is 2110. The summed E-state index contributed by atoms with van der Waals surface area (Å²) in [5, 5.41) is 19.6. The first-order chi connectivity index (χ1) is 29.4. The first-order valence-electron chi connectivity index (χ1n) is 18.9. The Labute approximate surface area is 350 Å². The lowest BCUT2D eigenvalue weighted by Gasteiger charge is -2.19. The fourth-order valence-electron chi connectivity index (χ4n) is 5.88. The van der Waals surface area contributed by atoms with Crippen LogP contribution in [-0.4, -0.2) is 82.7 Å². The highest BCUT2D eigenvalue weighted by Crippen LogP contribution is 2.39. The fraction of sp³-hybridized carbons (Fsp3) is 0.421. The molecule has 4 heterocycles. The van der Waals surface area contributed by atoms with Gasteiger partial charge in [-0.1, -0.05) is 25.7 Å². The van der Waals surface area contributed by atoms with Crippen molar-refractivity contribution in [1.82, 2.24) is 45.0 Å². The van der Waals surface area contributed by atoms with Gasteiger partial charge in [0.05, 0.1) is 22.3 Å². The number of halogens is 12. The molecule has 25 heteroatoms. The monoisotopic (exact) mass is 912 g/mol. The Kier molecular flexibility index (Phi) is 17.0. The lowest BCUT2D eigenvalue weighted by Crippen LogP contribution is -2.41. The second-order valence-corrected chi connectivity index (χ2v) is 14.0. The van der Waals surface area contributed by atoms with Crippen LogP contribution < -0.4 is 11.3 Å². The number of aromatic nitrogens is 6. The first kappa shape index (κ1) is 49.8. The van der Waals surface area contributed by atoms with Gasteiger partial charge in [0.15, 0.2) is 11.6 Å². The van der Waals surface area contributed by atoms with Crippen LogP contribution in [0.1, 0.15) is 73.6 Å². The zero-order valence-electron chi connectivity index (χ0n) is 32.9. The lowest BCUT2D eigenvalue weighted by atomic mass is 10.0. The molecular weight excluding hydrogens is 872 g/mol. The number of hydrazine groups is 2. The number of nitrogens with one attached hydrogen (secondary N) is 1. The number of nitrogens with two attached hydrogens (primary N) is 1. The van der Waals surface area contributed by atoms with Gasteiger partial charge in [-0.15, -0.1) is 10.2 Å². The summed E-state index contributed by atoms with van der Waals surface area (Å²) in [4.78, 5) is 29.7. The molecule has 63 heavy (non-hydrogen) atoms. The Morgan fingerprint density at radius 2 is 0.905 bits per heavy atom. The van der Waals surface area contributed by atoms with Crippen molar-refractivity contribution in [3.8, 4) is 22.8 Å². The average Bonchev–Trinajstić information content (AvgIpc) is 3.72. The summed E-state index contributed by atoms with van der Waals surface area (Å²) >= 11 is 0. The molecule has 1 amide bonds. The predicted octanol–water partition coefficient (Wildman–Crippen LogP) is 8.63. The van der Waals surface area contributed by atoms with Crippen molar-refractivity contribution < 1.29 is 67.4 Å². The molecule has 0 saturated carbocycles. The molecule has 2 aromatic carbocycles. The highest BCUT2D eigenvalue weighted by atomic mass is 19.4. The van der Waals surface area contributed by atoms with Crippen LogP contribution in [0.5, 0.6) is 0 Å². The predicted molar refractivity (Wildman–Crippen MR) is 202 cm³/mol. The van der Waals surface area contributed by atoms with Gasteiger partial charge in [-0.2, -0.15) is 52.7 Å². The molecule has 4 N–H and O–H groups in total. The minimum absolute atomic E-state index is 0.00910. The molecule has 2 fully saturated rings. The highest BCUT2D eigenvalue weighted by molar-refractivity contribution is 5.89. The highest BCUT2D eigenvalue weighted by Gasteiger charge is 2.38. The minimum Gasteiger partial charge on any atom is -0.478 e. The van der Waals surface area contributed by atoms with Gasteiger partial charge in [-0.25, -0.2) is 34.1 Å². The van der Waals surface area contributed by atoms with Gasteiger partial charge in [0.1, 0.15) is 12.7 Å². The summed E-state index contributed by atoms with van der Waals surface area (Å²) in [6, 6.07) is 2.08. The maximum Gasteiger partial charge on any atom is 0.416 e.